The zero-order valence-corrected chi connectivity index (χ0v) is 13.3. The first-order chi connectivity index (χ1) is 8.49. The van der Waals surface area contributed by atoms with E-state index in [1.165, 1.54) is 5.75 Å². The molecule has 100 valence electrons. The van der Waals surface area contributed by atoms with E-state index in [0.29, 0.717) is 0 Å². The molecule has 1 aromatic rings. The Bertz CT molecular complexity index is 407. The lowest BCUT2D eigenvalue weighted by Crippen LogP contribution is -2.58. The number of aliphatic hydroxyl groups excluding tert-OH is 1. The van der Waals surface area contributed by atoms with Gasteiger partial charge in [0, 0.05) is 15.9 Å². The van der Waals surface area contributed by atoms with Crippen molar-refractivity contribution in [3.63, 3.8) is 0 Å². The number of rotatable bonds is 3. The zero-order valence-electron chi connectivity index (χ0n) is 10.9. The van der Waals surface area contributed by atoms with E-state index < -0.39 is 0 Å². The second-order valence-electron chi connectivity index (χ2n) is 5.56. The van der Waals surface area contributed by atoms with Gasteiger partial charge >= 0.3 is 0 Å². The summed E-state index contributed by atoms with van der Waals surface area (Å²) in [5.74, 6) is 2.13. The van der Waals surface area contributed by atoms with Crippen molar-refractivity contribution in [3.8, 4) is 0 Å². The largest absolute Gasteiger partial charge is 0.394 e. The third kappa shape index (κ3) is 2.70. The first kappa shape index (κ1) is 14.2. The number of aliphatic hydroxyl groups is 1. The molecule has 2 N–H and O–H groups in total. The van der Waals surface area contributed by atoms with Crippen LogP contribution in [-0.4, -0.2) is 28.8 Å². The van der Waals surface area contributed by atoms with E-state index in [4.69, 9.17) is 0 Å². The number of hydrogen-bond donors (Lipinski definition) is 2. The minimum absolute atomic E-state index is 0.0973. The van der Waals surface area contributed by atoms with Crippen LogP contribution in [0.2, 0.25) is 0 Å². The lowest BCUT2D eigenvalue weighted by Gasteiger charge is -2.50. The average molecular weight is 330 g/mol. The Morgan fingerprint density at radius 2 is 2.00 bits per heavy atom. The fourth-order valence-corrected chi connectivity index (χ4v) is 4.29. The van der Waals surface area contributed by atoms with Gasteiger partial charge < -0.3 is 10.4 Å². The molecule has 1 fully saturated rings. The molecule has 18 heavy (non-hydrogen) atoms. The normalized spacial score (nSPS) is 26.9. The molecule has 0 bridgehead atoms. The predicted octanol–water partition coefficient (Wildman–Crippen LogP) is 3.76. The Morgan fingerprint density at radius 3 is 2.56 bits per heavy atom. The molecule has 0 radical (unpaired) electrons. The van der Waals surface area contributed by atoms with Gasteiger partial charge in [0.05, 0.1) is 12.1 Å². The Balaban J connectivity index is 2.24. The minimum Gasteiger partial charge on any atom is -0.394 e. The summed E-state index contributed by atoms with van der Waals surface area (Å²) in [5.41, 5.74) is 0.937. The van der Waals surface area contributed by atoms with Crippen molar-refractivity contribution in [3.05, 3.63) is 28.7 Å². The maximum absolute atomic E-state index is 9.91. The molecule has 1 atom stereocenters. The van der Waals surface area contributed by atoms with Crippen LogP contribution < -0.4 is 5.32 Å². The summed E-state index contributed by atoms with van der Waals surface area (Å²) >= 11 is 5.36. The van der Waals surface area contributed by atoms with Gasteiger partial charge in [-0.05, 0) is 41.9 Å². The number of thioether (sulfide) groups is 1. The molecule has 0 amide bonds. The van der Waals surface area contributed by atoms with Crippen LogP contribution in [-0.2, 0) is 0 Å². The zero-order chi connectivity index (χ0) is 13.2. The van der Waals surface area contributed by atoms with Gasteiger partial charge in [-0.2, -0.15) is 11.8 Å². The molecule has 0 aromatic heterocycles. The minimum atomic E-state index is -0.232. The van der Waals surface area contributed by atoms with Crippen molar-refractivity contribution in [2.75, 3.05) is 23.4 Å². The smallest absolute Gasteiger partial charge is 0.0744 e. The lowest BCUT2D eigenvalue weighted by molar-refractivity contribution is 0.110. The van der Waals surface area contributed by atoms with Crippen molar-refractivity contribution < 1.29 is 5.11 Å². The summed E-state index contributed by atoms with van der Waals surface area (Å²) in [5, 5.41) is 13.5. The maximum Gasteiger partial charge on any atom is 0.0744 e. The standard InChI is InChI=1S/C14H20BrNOS/c1-13(2)7-8-18-10-14(13,9-17)16-12-5-3-11(15)4-6-12/h3-6,16-17H,7-10H2,1-2H3. The van der Waals surface area contributed by atoms with E-state index in [1.54, 1.807) is 0 Å². The highest BCUT2D eigenvalue weighted by Crippen LogP contribution is 2.44. The number of benzene rings is 1. The van der Waals surface area contributed by atoms with Crippen LogP contribution in [0.3, 0.4) is 0 Å². The highest BCUT2D eigenvalue weighted by atomic mass is 79.9. The highest BCUT2D eigenvalue weighted by molar-refractivity contribution is 9.10. The van der Waals surface area contributed by atoms with E-state index in [1.807, 2.05) is 23.9 Å². The molecule has 1 aliphatic rings. The number of hydrogen-bond acceptors (Lipinski definition) is 3. The van der Waals surface area contributed by atoms with Crippen molar-refractivity contribution in [2.45, 2.75) is 25.8 Å². The summed E-state index contributed by atoms with van der Waals surface area (Å²) < 4.78 is 1.07. The van der Waals surface area contributed by atoms with Gasteiger partial charge in [-0.25, -0.2) is 0 Å². The Labute approximate surface area is 122 Å². The number of halogens is 1. The van der Waals surface area contributed by atoms with Crippen molar-refractivity contribution in [1.82, 2.24) is 0 Å². The van der Waals surface area contributed by atoms with E-state index in [2.05, 4.69) is 47.2 Å². The topological polar surface area (TPSA) is 32.3 Å². The van der Waals surface area contributed by atoms with E-state index >= 15 is 0 Å². The first-order valence-electron chi connectivity index (χ1n) is 6.21. The summed E-state index contributed by atoms with van der Waals surface area (Å²) in [6.07, 6.45) is 1.13. The highest BCUT2D eigenvalue weighted by Gasteiger charge is 2.46. The lowest BCUT2D eigenvalue weighted by atomic mass is 9.71. The average Bonchev–Trinajstić information content (AvgIpc) is 2.34. The molecule has 4 heteroatoms. The monoisotopic (exact) mass is 329 g/mol. The predicted molar refractivity (Wildman–Crippen MR) is 83.3 cm³/mol. The third-order valence-corrected chi connectivity index (χ3v) is 5.73. The molecule has 2 rings (SSSR count). The second kappa shape index (κ2) is 5.43. The van der Waals surface area contributed by atoms with Gasteiger partial charge in [0.2, 0.25) is 0 Å². The van der Waals surface area contributed by atoms with Crippen molar-refractivity contribution in [2.24, 2.45) is 5.41 Å². The van der Waals surface area contributed by atoms with E-state index in [0.717, 1.165) is 22.3 Å². The van der Waals surface area contributed by atoms with E-state index in [9.17, 15) is 5.11 Å². The molecule has 0 aliphatic carbocycles. The summed E-state index contributed by atoms with van der Waals surface area (Å²) in [4.78, 5) is 0. The van der Waals surface area contributed by atoms with Gasteiger partial charge in [-0.3, -0.25) is 0 Å². The molecule has 1 aliphatic heterocycles. The van der Waals surface area contributed by atoms with Gasteiger partial charge in [0.15, 0.2) is 0 Å². The maximum atomic E-state index is 9.91. The molecule has 2 nitrogen and oxygen atoms in total. The molecule has 1 heterocycles. The first-order valence-corrected chi connectivity index (χ1v) is 8.16. The summed E-state index contributed by atoms with van der Waals surface area (Å²) in [6, 6.07) is 8.15. The van der Waals surface area contributed by atoms with E-state index in [-0.39, 0.29) is 17.6 Å². The van der Waals surface area contributed by atoms with Gasteiger partial charge in [-0.15, -0.1) is 0 Å². The summed E-state index contributed by atoms with van der Waals surface area (Å²) in [6.45, 7) is 4.66. The van der Waals surface area contributed by atoms with Gasteiger partial charge in [0.1, 0.15) is 0 Å². The quantitative estimate of drug-likeness (QED) is 0.885. The van der Waals surface area contributed by atoms with Crippen LogP contribution in [0.1, 0.15) is 20.3 Å². The fraction of sp³-hybridized carbons (Fsp3) is 0.571. The number of nitrogens with one attached hydrogen (secondary N) is 1. The molecule has 0 spiro atoms. The third-order valence-electron chi connectivity index (χ3n) is 4.01. The Morgan fingerprint density at radius 1 is 1.33 bits per heavy atom. The van der Waals surface area contributed by atoms with Crippen molar-refractivity contribution >= 4 is 33.4 Å². The Kier molecular flexibility index (Phi) is 4.29. The van der Waals surface area contributed by atoms with Crippen LogP contribution >= 0.6 is 27.7 Å². The van der Waals surface area contributed by atoms with Gasteiger partial charge in [-0.1, -0.05) is 29.8 Å². The van der Waals surface area contributed by atoms with Crippen molar-refractivity contribution in [1.29, 1.82) is 0 Å². The van der Waals surface area contributed by atoms with Crippen LogP contribution in [0.4, 0.5) is 5.69 Å². The SMILES string of the molecule is CC1(C)CCSCC1(CO)Nc1ccc(Br)cc1. The number of anilines is 1. The molecule has 1 saturated heterocycles. The van der Waals surface area contributed by atoms with Crippen LogP contribution in [0.15, 0.2) is 28.7 Å². The molecular formula is C14H20BrNOS. The fourth-order valence-electron chi connectivity index (χ4n) is 2.32. The van der Waals surface area contributed by atoms with Crippen LogP contribution in [0, 0.1) is 5.41 Å². The molecule has 0 saturated carbocycles. The summed E-state index contributed by atoms with van der Waals surface area (Å²) in [7, 11) is 0. The Hall–Kier alpha value is -0.190. The van der Waals surface area contributed by atoms with Crippen LogP contribution in [0.5, 0.6) is 0 Å². The molecular weight excluding hydrogens is 310 g/mol. The molecule has 1 aromatic carbocycles. The second-order valence-corrected chi connectivity index (χ2v) is 7.58. The molecule has 1 unspecified atom stereocenters. The van der Waals surface area contributed by atoms with Crippen LogP contribution in [0.25, 0.3) is 0 Å². The van der Waals surface area contributed by atoms with Gasteiger partial charge in [0.25, 0.3) is 0 Å².